The molecule has 3 aliphatic rings. The number of anilines is 2. The van der Waals surface area contributed by atoms with Gasteiger partial charge in [0, 0.05) is 43.1 Å². The number of alkyl halides is 4. The minimum absolute atomic E-state index is 0.0302. The van der Waals surface area contributed by atoms with Gasteiger partial charge in [0.15, 0.2) is 0 Å². The maximum atomic E-state index is 14.6. The number of pyridine rings is 1. The Hall–Kier alpha value is -2.57. The summed E-state index contributed by atoms with van der Waals surface area (Å²) in [5, 5.41) is 18.4. The fourth-order valence-corrected chi connectivity index (χ4v) is 4.27. The number of carbonyl (C=O) groups is 1. The maximum absolute atomic E-state index is 14.6. The first-order chi connectivity index (χ1) is 13.2. The van der Waals surface area contributed by atoms with Crippen LogP contribution in [-0.2, 0) is 17.1 Å². The number of aromatic nitrogens is 1. The SMILES string of the molecule is N#Cc1c(N2CC[C@H]2C(F)F)nc(N2CC(CC(=O)O)C2)c2c1C(F)(F)CC2. The van der Waals surface area contributed by atoms with Gasteiger partial charge in [0.05, 0.1) is 12.5 Å². The van der Waals surface area contributed by atoms with Crippen molar-refractivity contribution in [3.63, 3.8) is 0 Å². The number of halogens is 4. The third kappa shape index (κ3) is 2.84. The standard InChI is InChI=1S/C18H18F4N4O2/c19-15(20)12-2-4-26(12)17-11(6-23)14-10(1-3-18(14,21)22)16(24-17)25-7-9(8-25)5-13(27)28/h9,12,15H,1-5,7-8H2,(H,27,28)/t12-/m0/s1. The topological polar surface area (TPSA) is 80.5 Å². The van der Waals surface area contributed by atoms with E-state index in [0.29, 0.717) is 13.1 Å². The number of hydrogen-bond donors (Lipinski definition) is 1. The fraction of sp³-hybridized carbons (Fsp3) is 0.611. The van der Waals surface area contributed by atoms with Crippen molar-refractivity contribution in [1.29, 1.82) is 5.26 Å². The molecule has 1 atom stereocenters. The Bertz CT molecular complexity index is 864. The van der Waals surface area contributed by atoms with Gasteiger partial charge < -0.3 is 14.9 Å². The van der Waals surface area contributed by atoms with E-state index in [-0.39, 0.29) is 54.5 Å². The quantitative estimate of drug-likeness (QED) is 0.769. The first kappa shape index (κ1) is 18.8. The second-order valence-electron chi connectivity index (χ2n) is 7.56. The monoisotopic (exact) mass is 398 g/mol. The third-order valence-corrected chi connectivity index (χ3v) is 5.77. The van der Waals surface area contributed by atoms with Crippen LogP contribution >= 0.6 is 0 Å². The summed E-state index contributed by atoms with van der Waals surface area (Å²) in [5.41, 5.74) is -0.459. The summed E-state index contributed by atoms with van der Waals surface area (Å²) in [6, 6.07) is 0.630. The van der Waals surface area contributed by atoms with Crippen LogP contribution in [-0.4, -0.2) is 48.2 Å². The van der Waals surface area contributed by atoms with Crippen molar-refractivity contribution in [1.82, 2.24) is 4.98 Å². The van der Waals surface area contributed by atoms with Gasteiger partial charge in [-0.1, -0.05) is 0 Å². The summed E-state index contributed by atoms with van der Waals surface area (Å²) in [7, 11) is 0. The number of carboxylic acid groups (broad SMARTS) is 1. The lowest BCUT2D eigenvalue weighted by Gasteiger charge is -2.44. The summed E-state index contributed by atoms with van der Waals surface area (Å²) in [4.78, 5) is 18.2. The molecule has 0 radical (unpaired) electrons. The Balaban J connectivity index is 1.76. The van der Waals surface area contributed by atoms with E-state index in [2.05, 4.69) is 4.98 Å². The van der Waals surface area contributed by atoms with Gasteiger partial charge in [0.2, 0.25) is 0 Å². The molecule has 0 aromatic carbocycles. The van der Waals surface area contributed by atoms with Crippen molar-refractivity contribution >= 4 is 17.6 Å². The van der Waals surface area contributed by atoms with Crippen molar-refractivity contribution in [2.24, 2.45) is 5.92 Å². The molecular weight excluding hydrogens is 380 g/mol. The molecule has 3 heterocycles. The van der Waals surface area contributed by atoms with Gasteiger partial charge in [0.25, 0.3) is 12.3 Å². The lowest BCUT2D eigenvalue weighted by atomic mass is 9.94. The molecular formula is C18H18F4N4O2. The van der Waals surface area contributed by atoms with Crippen molar-refractivity contribution in [3.8, 4) is 6.07 Å². The Labute approximate surface area is 158 Å². The predicted molar refractivity (Wildman–Crippen MR) is 90.9 cm³/mol. The number of hydrogen-bond acceptors (Lipinski definition) is 5. The van der Waals surface area contributed by atoms with Crippen LogP contribution in [0.15, 0.2) is 0 Å². The number of nitriles is 1. The summed E-state index contributed by atoms with van der Waals surface area (Å²) in [6.07, 6.45) is -2.91. The highest BCUT2D eigenvalue weighted by molar-refractivity contribution is 5.72. The van der Waals surface area contributed by atoms with Gasteiger partial charge in [-0.15, -0.1) is 0 Å². The maximum Gasteiger partial charge on any atom is 0.303 e. The molecule has 0 spiro atoms. The second kappa shape index (κ2) is 6.50. The van der Waals surface area contributed by atoms with Crippen LogP contribution in [0.25, 0.3) is 0 Å². The van der Waals surface area contributed by atoms with Gasteiger partial charge in [-0.3, -0.25) is 4.79 Å². The van der Waals surface area contributed by atoms with Crippen LogP contribution in [0.3, 0.4) is 0 Å². The zero-order chi connectivity index (χ0) is 20.2. The minimum Gasteiger partial charge on any atom is -0.481 e. The lowest BCUT2D eigenvalue weighted by molar-refractivity contribution is -0.138. The average Bonchev–Trinajstić information content (AvgIpc) is 2.84. The van der Waals surface area contributed by atoms with Gasteiger partial charge in [-0.05, 0) is 12.8 Å². The highest BCUT2D eigenvalue weighted by Gasteiger charge is 2.48. The number of rotatable bonds is 5. The molecule has 1 aliphatic carbocycles. The lowest BCUT2D eigenvalue weighted by Crippen LogP contribution is -2.53. The third-order valence-electron chi connectivity index (χ3n) is 5.77. The van der Waals surface area contributed by atoms with Gasteiger partial charge in [0.1, 0.15) is 23.3 Å². The summed E-state index contributed by atoms with van der Waals surface area (Å²) in [6.45, 7) is 0.921. The molecule has 2 saturated heterocycles. The molecule has 1 aromatic heterocycles. The van der Waals surface area contributed by atoms with Crippen LogP contribution in [0.4, 0.5) is 29.2 Å². The van der Waals surface area contributed by atoms with E-state index in [4.69, 9.17) is 5.11 Å². The highest BCUT2D eigenvalue weighted by atomic mass is 19.3. The molecule has 2 aliphatic heterocycles. The molecule has 0 saturated carbocycles. The first-order valence-electron chi connectivity index (χ1n) is 9.09. The molecule has 1 N–H and O–H groups in total. The second-order valence-corrected chi connectivity index (χ2v) is 7.56. The van der Waals surface area contributed by atoms with E-state index < -0.39 is 36.3 Å². The number of nitrogens with zero attached hydrogens (tertiary/aromatic N) is 4. The van der Waals surface area contributed by atoms with Crippen molar-refractivity contribution in [2.75, 3.05) is 29.4 Å². The molecule has 1 aromatic rings. The zero-order valence-electron chi connectivity index (χ0n) is 14.8. The van der Waals surface area contributed by atoms with E-state index in [1.54, 1.807) is 11.0 Å². The van der Waals surface area contributed by atoms with E-state index in [0.717, 1.165) is 0 Å². The van der Waals surface area contributed by atoms with E-state index in [1.807, 2.05) is 0 Å². The van der Waals surface area contributed by atoms with Crippen LogP contribution in [0, 0.1) is 17.2 Å². The summed E-state index contributed by atoms with van der Waals surface area (Å²) >= 11 is 0. The smallest absolute Gasteiger partial charge is 0.303 e. The van der Waals surface area contributed by atoms with Gasteiger partial charge in [-0.25, -0.2) is 22.5 Å². The minimum atomic E-state index is -3.22. The van der Waals surface area contributed by atoms with E-state index in [1.165, 1.54) is 4.90 Å². The molecule has 2 fully saturated rings. The molecule has 0 unspecified atom stereocenters. The number of carboxylic acids is 1. The van der Waals surface area contributed by atoms with Crippen molar-refractivity contribution in [3.05, 3.63) is 16.7 Å². The molecule has 28 heavy (non-hydrogen) atoms. The largest absolute Gasteiger partial charge is 0.481 e. The van der Waals surface area contributed by atoms with Crippen molar-refractivity contribution in [2.45, 2.75) is 44.1 Å². The van der Waals surface area contributed by atoms with Crippen LogP contribution in [0.5, 0.6) is 0 Å². The Morgan fingerprint density at radius 1 is 1.36 bits per heavy atom. The predicted octanol–water partition coefficient (Wildman–Crippen LogP) is 2.75. The van der Waals surface area contributed by atoms with E-state index >= 15 is 0 Å². The normalized spacial score (nSPS) is 23.2. The molecule has 4 rings (SSSR count). The highest BCUT2D eigenvalue weighted by Crippen LogP contribution is 2.50. The van der Waals surface area contributed by atoms with Crippen LogP contribution in [0.2, 0.25) is 0 Å². The summed E-state index contributed by atoms with van der Waals surface area (Å²) < 4.78 is 55.6. The number of fused-ring (bicyclic) bond motifs is 1. The van der Waals surface area contributed by atoms with Crippen molar-refractivity contribution < 1.29 is 27.5 Å². The molecule has 0 amide bonds. The van der Waals surface area contributed by atoms with Crippen LogP contribution in [0.1, 0.15) is 36.0 Å². The summed E-state index contributed by atoms with van der Waals surface area (Å²) in [5.74, 6) is -4.12. The zero-order valence-corrected chi connectivity index (χ0v) is 14.8. The average molecular weight is 398 g/mol. The Morgan fingerprint density at radius 2 is 2.07 bits per heavy atom. The fourth-order valence-electron chi connectivity index (χ4n) is 4.27. The molecule has 10 heteroatoms. The van der Waals surface area contributed by atoms with Gasteiger partial charge >= 0.3 is 5.97 Å². The molecule has 150 valence electrons. The Morgan fingerprint density at radius 3 is 2.61 bits per heavy atom. The van der Waals surface area contributed by atoms with E-state index in [9.17, 15) is 27.6 Å². The van der Waals surface area contributed by atoms with Gasteiger partial charge in [-0.2, -0.15) is 5.26 Å². The van der Waals surface area contributed by atoms with Crippen LogP contribution < -0.4 is 9.80 Å². The first-order valence-corrected chi connectivity index (χ1v) is 9.09. The molecule has 0 bridgehead atoms. The number of aliphatic carboxylic acids is 1. The molecule has 6 nitrogen and oxygen atoms in total. The Kier molecular flexibility index (Phi) is 4.36.